The topological polar surface area (TPSA) is 128 Å². The highest BCUT2D eigenvalue weighted by atomic mass is 32.2. The standard InChI is InChI=1S/C24H30FN3O6S/c1-23(2,3)35(33)27-24(9-6-14-12-15(25)4-5-17(14)24)13-18(29)19-20(30)26-22(32)28(21(19)31)16-7-10-34-11-8-16/h4-5,12,16,19,27H,6-11,13H2,1-3H3,(H,26,30,32)/t19-,24+,35-/m0/s1. The zero-order valence-corrected chi connectivity index (χ0v) is 20.8. The van der Waals surface area contributed by atoms with E-state index in [0.717, 1.165) is 4.90 Å². The van der Waals surface area contributed by atoms with Gasteiger partial charge in [-0.2, -0.15) is 0 Å². The molecule has 1 aromatic rings. The quantitative estimate of drug-likeness (QED) is 0.444. The average molecular weight is 508 g/mol. The third kappa shape index (κ3) is 5.00. The van der Waals surface area contributed by atoms with Crippen LogP contribution in [0.3, 0.4) is 0 Å². The molecule has 9 nitrogen and oxygen atoms in total. The predicted molar refractivity (Wildman–Crippen MR) is 125 cm³/mol. The van der Waals surface area contributed by atoms with Gasteiger partial charge >= 0.3 is 6.03 Å². The Hall–Kier alpha value is -2.34. The van der Waals surface area contributed by atoms with Crippen LogP contribution in [0.1, 0.15) is 57.6 Å². The smallest absolute Gasteiger partial charge is 0.331 e. The lowest BCUT2D eigenvalue weighted by molar-refractivity contribution is -0.150. The largest absolute Gasteiger partial charge is 0.598 e. The minimum Gasteiger partial charge on any atom is -0.598 e. The Kier molecular flexibility index (Phi) is 7.07. The van der Waals surface area contributed by atoms with Crippen molar-refractivity contribution in [3.8, 4) is 0 Å². The number of fused-ring (bicyclic) bond motifs is 1. The van der Waals surface area contributed by atoms with Crippen LogP contribution in [0.25, 0.3) is 0 Å². The van der Waals surface area contributed by atoms with E-state index in [1.165, 1.54) is 12.1 Å². The number of nitrogens with one attached hydrogen (secondary N) is 2. The van der Waals surface area contributed by atoms with Gasteiger partial charge in [0.05, 0.1) is 5.54 Å². The summed E-state index contributed by atoms with van der Waals surface area (Å²) in [6, 6.07) is 2.91. The van der Waals surface area contributed by atoms with E-state index in [0.29, 0.717) is 50.0 Å². The molecule has 3 atom stereocenters. The number of aryl methyl sites for hydroxylation is 1. The van der Waals surface area contributed by atoms with Crippen molar-refractivity contribution >= 4 is 35.0 Å². The van der Waals surface area contributed by atoms with Crippen LogP contribution in [0.5, 0.6) is 0 Å². The maximum Gasteiger partial charge on any atom is 0.331 e. The number of ketones is 1. The minimum atomic E-state index is -1.69. The molecule has 0 radical (unpaired) electrons. The molecule has 4 rings (SSSR count). The Morgan fingerprint density at radius 3 is 2.63 bits per heavy atom. The van der Waals surface area contributed by atoms with E-state index in [9.17, 15) is 28.1 Å². The number of ether oxygens (including phenoxy) is 1. The molecule has 0 aromatic heterocycles. The van der Waals surface area contributed by atoms with E-state index < -0.39 is 63.1 Å². The summed E-state index contributed by atoms with van der Waals surface area (Å²) in [4.78, 5) is 53.0. The van der Waals surface area contributed by atoms with Crippen molar-refractivity contribution < 1.29 is 32.9 Å². The summed E-state index contributed by atoms with van der Waals surface area (Å²) in [5.74, 6) is -4.61. The molecule has 2 saturated heterocycles. The highest BCUT2D eigenvalue weighted by Crippen LogP contribution is 2.42. The molecule has 3 aliphatic rings. The van der Waals surface area contributed by atoms with E-state index in [-0.39, 0.29) is 6.42 Å². The number of barbiturate groups is 1. The van der Waals surface area contributed by atoms with E-state index in [1.54, 1.807) is 26.8 Å². The van der Waals surface area contributed by atoms with Crippen molar-refractivity contribution in [1.82, 2.24) is 14.9 Å². The third-order valence-electron chi connectivity index (χ3n) is 6.80. The van der Waals surface area contributed by atoms with Crippen molar-refractivity contribution in [1.29, 1.82) is 0 Å². The van der Waals surface area contributed by atoms with Gasteiger partial charge in [-0.05, 0) is 69.7 Å². The Balaban J connectivity index is 1.64. The van der Waals surface area contributed by atoms with Crippen molar-refractivity contribution in [3.63, 3.8) is 0 Å². The van der Waals surface area contributed by atoms with Gasteiger partial charge in [0, 0.05) is 37.0 Å². The molecule has 2 aliphatic heterocycles. The molecule has 190 valence electrons. The number of carbonyl (C=O) groups is 4. The first kappa shape index (κ1) is 25.7. The van der Waals surface area contributed by atoms with Gasteiger partial charge in [-0.25, -0.2) is 9.18 Å². The molecule has 11 heteroatoms. The van der Waals surface area contributed by atoms with Crippen molar-refractivity contribution in [2.24, 2.45) is 5.92 Å². The number of nitrogens with zero attached hydrogens (tertiary/aromatic N) is 1. The van der Waals surface area contributed by atoms with Gasteiger partial charge in [0.2, 0.25) is 5.91 Å². The summed E-state index contributed by atoms with van der Waals surface area (Å²) in [5, 5.41) is 2.15. The van der Waals surface area contributed by atoms with E-state index in [1.807, 2.05) is 0 Å². The van der Waals surface area contributed by atoms with Crippen molar-refractivity contribution in [3.05, 3.63) is 35.1 Å². The second-order valence-electron chi connectivity index (χ2n) is 10.3. The molecule has 0 spiro atoms. The first-order chi connectivity index (χ1) is 16.4. The van der Waals surface area contributed by atoms with Crippen LogP contribution in [-0.4, -0.2) is 57.1 Å². The van der Waals surface area contributed by atoms with Crippen molar-refractivity contribution in [2.75, 3.05) is 13.2 Å². The van der Waals surface area contributed by atoms with Crippen molar-refractivity contribution in [2.45, 2.75) is 69.2 Å². The fourth-order valence-electron chi connectivity index (χ4n) is 4.94. The Morgan fingerprint density at radius 1 is 1.29 bits per heavy atom. The fraction of sp³-hybridized carbons (Fsp3) is 0.583. The number of imide groups is 2. The average Bonchev–Trinajstić information content (AvgIpc) is 3.10. The summed E-state index contributed by atoms with van der Waals surface area (Å²) in [6.07, 6.45) is 1.30. The summed E-state index contributed by atoms with van der Waals surface area (Å²) < 4.78 is 34.7. The number of amides is 4. The van der Waals surface area contributed by atoms with Gasteiger partial charge in [-0.15, -0.1) is 4.72 Å². The summed E-state index contributed by atoms with van der Waals surface area (Å²) in [7, 11) is 0. The van der Waals surface area contributed by atoms with Crippen LogP contribution in [0, 0.1) is 11.7 Å². The number of carbonyl (C=O) groups excluding carboxylic acids is 4. The third-order valence-corrected chi connectivity index (χ3v) is 8.49. The van der Waals surface area contributed by atoms with Gasteiger partial charge in [0.25, 0.3) is 5.91 Å². The molecular formula is C24H30FN3O6S. The van der Waals surface area contributed by atoms with Crippen LogP contribution in [0.15, 0.2) is 18.2 Å². The van der Waals surface area contributed by atoms with Crippen LogP contribution in [0.2, 0.25) is 0 Å². The number of halogens is 1. The lowest BCUT2D eigenvalue weighted by Gasteiger charge is -2.38. The van der Waals surface area contributed by atoms with Crippen LogP contribution < -0.4 is 10.0 Å². The number of benzene rings is 1. The first-order valence-corrected chi connectivity index (χ1v) is 12.8. The summed E-state index contributed by atoms with van der Waals surface area (Å²) in [6.45, 7) is 6.07. The molecule has 2 heterocycles. The zero-order chi connectivity index (χ0) is 25.5. The Bertz CT molecular complexity index is 1050. The number of urea groups is 1. The molecule has 2 N–H and O–H groups in total. The molecule has 1 aliphatic carbocycles. The molecular weight excluding hydrogens is 477 g/mol. The fourth-order valence-corrected chi connectivity index (χ4v) is 5.88. The van der Waals surface area contributed by atoms with Crippen LogP contribution in [0.4, 0.5) is 9.18 Å². The van der Waals surface area contributed by atoms with Gasteiger partial charge in [0.15, 0.2) is 11.7 Å². The summed E-state index contributed by atoms with van der Waals surface area (Å²) in [5.41, 5.74) is 0.143. The van der Waals surface area contributed by atoms with Gasteiger partial charge in [0.1, 0.15) is 10.6 Å². The minimum absolute atomic E-state index is 0.312. The highest BCUT2D eigenvalue weighted by molar-refractivity contribution is 7.90. The second kappa shape index (κ2) is 9.61. The van der Waals surface area contributed by atoms with E-state index >= 15 is 0 Å². The molecule has 0 bridgehead atoms. The number of hydrogen-bond acceptors (Lipinski definition) is 7. The van der Waals surface area contributed by atoms with Gasteiger partial charge in [-0.3, -0.25) is 24.6 Å². The summed E-state index contributed by atoms with van der Waals surface area (Å²) >= 11 is -1.59. The lowest BCUT2D eigenvalue weighted by Crippen LogP contribution is -2.63. The Morgan fingerprint density at radius 2 is 1.97 bits per heavy atom. The lowest BCUT2D eigenvalue weighted by atomic mass is 9.83. The molecule has 0 saturated carbocycles. The van der Waals surface area contributed by atoms with Crippen LogP contribution in [-0.2, 0) is 42.4 Å². The zero-order valence-electron chi connectivity index (χ0n) is 20.0. The number of Topliss-reactive ketones (excluding diaryl/α,β-unsaturated/α-hetero) is 1. The molecule has 2 fully saturated rings. The molecule has 4 amide bonds. The maximum absolute atomic E-state index is 13.9. The first-order valence-electron chi connectivity index (χ1n) is 11.7. The number of hydrogen-bond donors (Lipinski definition) is 2. The normalized spacial score (nSPS) is 26.5. The highest BCUT2D eigenvalue weighted by Gasteiger charge is 2.52. The van der Waals surface area contributed by atoms with Gasteiger partial charge in [-0.1, -0.05) is 6.07 Å². The van der Waals surface area contributed by atoms with E-state index in [4.69, 9.17) is 4.74 Å². The monoisotopic (exact) mass is 507 g/mol. The SMILES string of the molecule is CC(C)(C)[S@+]([O-])N[C@@]1(CC(=O)[C@H]2C(=O)NC(=O)N(C3CCOCC3)C2=O)CCc2cc(F)ccc21. The van der Waals surface area contributed by atoms with Gasteiger partial charge < -0.3 is 9.29 Å². The molecule has 1 aromatic carbocycles. The van der Waals surface area contributed by atoms with E-state index in [2.05, 4.69) is 10.0 Å². The molecule has 35 heavy (non-hydrogen) atoms. The molecule has 0 unspecified atom stereocenters. The Labute approximate surface area is 206 Å². The van der Waals surface area contributed by atoms with Crippen LogP contribution >= 0.6 is 0 Å². The predicted octanol–water partition coefficient (Wildman–Crippen LogP) is 1.85. The second-order valence-corrected chi connectivity index (χ2v) is 12.3. The maximum atomic E-state index is 13.9. The number of rotatable bonds is 6.